The summed E-state index contributed by atoms with van der Waals surface area (Å²) in [5, 5.41) is 10.0. The number of rotatable bonds is 10. The lowest BCUT2D eigenvalue weighted by molar-refractivity contribution is -0.111. The summed E-state index contributed by atoms with van der Waals surface area (Å²) in [7, 11) is 1.54. The molecule has 0 spiro atoms. The number of ether oxygens (including phenoxy) is 1. The zero-order valence-electron chi connectivity index (χ0n) is 20.7. The quantitative estimate of drug-likeness (QED) is 0.270. The minimum absolute atomic E-state index is 0.213. The summed E-state index contributed by atoms with van der Waals surface area (Å²) in [5.74, 6) is 1.04. The van der Waals surface area contributed by atoms with E-state index in [0.29, 0.717) is 52.5 Å². The molecule has 0 aromatic carbocycles. The second kappa shape index (κ2) is 11.1. The molecule has 1 fully saturated rings. The normalized spacial score (nSPS) is 13.5. The number of likely N-dealkylation sites (tertiary alicyclic amines) is 1. The summed E-state index contributed by atoms with van der Waals surface area (Å²) in [6.07, 6.45) is 6.13. The van der Waals surface area contributed by atoms with Gasteiger partial charge in [-0.15, -0.1) is 0 Å². The Labute approximate surface area is 218 Å². The molecule has 0 atom stereocenters. The monoisotopic (exact) mass is 515 g/mol. The molecular formula is C26H26FN9O2. The minimum atomic E-state index is -0.343. The highest BCUT2D eigenvalue weighted by Crippen LogP contribution is 2.29. The van der Waals surface area contributed by atoms with E-state index in [4.69, 9.17) is 4.74 Å². The number of halogens is 1. The molecule has 0 bridgehead atoms. The Morgan fingerprint density at radius 2 is 2.03 bits per heavy atom. The fraction of sp³-hybridized carbons (Fsp3) is 0.231. The Bertz CT molecular complexity index is 1480. The van der Waals surface area contributed by atoms with Gasteiger partial charge in [0.1, 0.15) is 29.4 Å². The Hall–Kier alpha value is -4.71. The molecule has 1 aliphatic heterocycles. The van der Waals surface area contributed by atoms with Crippen molar-refractivity contribution in [3.8, 4) is 17.3 Å². The van der Waals surface area contributed by atoms with Crippen molar-refractivity contribution in [2.45, 2.75) is 6.04 Å². The molecule has 0 unspecified atom stereocenters. The molecule has 5 heterocycles. The maximum atomic E-state index is 12.5. The number of fused-ring (bicyclic) bond motifs is 1. The molecule has 4 aromatic heterocycles. The van der Waals surface area contributed by atoms with Gasteiger partial charge in [0, 0.05) is 49.3 Å². The number of carbonyl (C=O) groups excluding carboxylic acids is 1. The topological polar surface area (TPSA) is 130 Å². The van der Waals surface area contributed by atoms with Crippen molar-refractivity contribution in [1.82, 2.24) is 29.8 Å². The van der Waals surface area contributed by atoms with Crippen LogP contribution in [0.1, 0.15) is 0 Å². The second-order valence-electron chi connectivity index (χ2n) is 8.58. The van der Waals surface area contributed by atoms with Gasteiger partial charge in [0.2, 0.25) is 17.7 Å². The van der Waals surface area contributed by atoms with Crippen molar-refractivity contribution in [2.75, 3.05) is 49.4 Å². The van der Waals surface area contributed by atoms with E-state index in [1.54, 1.807) is 30.7 Å². The van der Waals surface area contributed by atoms with Gasteiger partial charge in [-0.3, -0.25) is 19.7 Å². The van der Waals surface area contributed by atoms with Crippen LogP contribution in [-0.4, -0.2) is 75.2 Å². The van der Waals surface area contributed by atoms with Gasteiger partial charge >= 0.3 is 0 Å². The van der Waals surface area contributed by atoms with Gasteiger partial charge in [-0.25, -0.2) is 14.4 Å². The van der Waals surface area contributed by atoms with Crippen LogP contribution in [0.15, 0.2) is 61.6 Å². The maximum absolute atomic E-state index is 12.5. The average Bonchev–Trinajstić information content (AvgIpc) is 2.92. The van der Waals surface area contributed by atoms with Crippen LogP contribution in [0.2, 0.25) is 0 Å². The molecule has 38 heavy (non-hydrogen) atoms. The zero-order chi connectivity index (χ0) is 26.5. The van der Waals surface area contributed by atoms with E-state index in [-0.39, 0.29) is 18.6 Å². The third-order valence-electron chi connectivity index (χ3n) is 5.96. The molecule has 4 aromatic rings. The lowest BCUT2D eigenvalue weighted by atomic mass is 10.1. The Morgan fingerprint density at radius 3 is 2.82 bits per heavy atom. The van der Waals surface area contributed by atoms with E-state index in [2.05, 4.69) is 47.4 Å². The van der Waals surface area contributed by atoms with Crippen molar-refractivity contribution in [1.29, 1.82) is 0 Å². The van der Waals surface area contributed by atoms with Crippen molar-refractivity contribution >= 4 is 40.0 Å². The van der Waals surface area contributed by atoms with Gasteiger partial charge in [0.05, 0.1) is 18.8 Å². The van der Waals surface area contributed by atoms with Gasteiger partial charge in [-0.2, -0.15) is 4.98 Å². The highest BCUT2D eigenvalue weighted by atomic mass is 19.1. The molecule has 11 nitrogen and oxygen atoms in total. The highest BCUT2D eigenvalue weighted by molar-refractivity contribution is 5.99. The summed E-state index contributed by atoms with van der Waals surface area (Å²) in [4.78, 5) is 36.3. The van der Waals surface area contributed by atoms with E-state index in [1.807, 2.05) is 23.1 Å². The van der Waals surface area contributed by atoms with Crippen LogP contribution in [0.5, 0.6) is 5.88 Å². The standard InChI is InChI=1S/C26H26FN9O2/c1-3-22(37)32-17-7-10-28-20(12-17)24-23-16(6-9-29-24)13-30-26(35-23)33-19-4-5-21(34-25(19)38-2)31-18-14-36(15-18)11-8-27/h3-7,9-10,12-13,18H,1,8,11,14-15H2,2H3,(H,31,34)(H,28,32,37)(H,30,33,35). The first-order valence-electron chi connectivity index (χ1n) is 11.9. The van der Waals surface area contributed by atoms with E-state index >= 15 is 0 Å². The van der Waals surface area contributed by atoms with E-state index in [1.165, 1.54) is 13.2 Å². The SMILES string of the molecule is C=CC(=O)Nc1ccnc(-c2nccc3cnc(Nc4ccc(NC5CN(CCF)C5)nc4OC)nc23)c1. The van der Waals surface area contributed by atoms with Gasteiger partial charge in [-0.1, -0.05) is 6.58 Å². The van der Waals surface area contributed by atoms with Crippen molar-refractivity contribution in [2.24, 2.45) is 0 Å². The molecule has 1 amide bonds. The second-order valence-corrected chi connectivity index (χ2v) is 8.58. The fourth-order valence-electron chi connectivity index (χ4n) is 4.10. The Balaban J connectivity index is 1.38. The fourth-order valence-corrected chi connectivity index (χ4v) is 4.10. The van der Waals surface area contributed by atoms with Crippen LogP contribution >= 0.6 is 0 Å². The third-order valence-corrected chi connectivity index (χ3v) is 5.96. The van der Waals surface area contributed by atoms with Crippen LogP contribution in [0.25, 0.3) is 22.3 Å². The molecule has 0 saturated carbocycles. The zero-order valence-corrected chi connectivity index (χ0v) is 20.7. The summed E-state index contributed by atoms with van der Waals surface area (Å²) in [6.45, 7) is 5.13. The minimum Gasteiger partial charge on any atom is -0.479 e. The predicted molar refractivity (Wildman–Crippen MR) is 143 cm³/mol. The molecule has 3 N–H and O–H groups in total. The first-order chi connectivity index (χ1) is 18.6. The van der Waals surface area contributed by atoms with Gasteiger partial charge < -0.3 is 20.7 Å². The van der Waals surface area contributed by atoms with Crippen molar-refractivity contribution < 1.29 is 13.9 Å². The van der Waals surface area contributed by atoms with Crippen LogP contribution in [0.4, 0.5) is 27.5 Å². The number of hydrogen-bond acceptors (Lipinski definition) is 10. The number of anilines is 4. The number of nitrogens with one attached hydrogen (secondary N) is 3. The van der Waals surface area contributed by atoms with E-state index in [9.17, 15) is 9.18 Å². The third kappa shape index (κ3) is 5.49. The van der Waals surface area contributed by atoms with E-state index in [0.717, 1.165) is 18.5 Å². The molecule has 5 rings (SSSR count). The summed E-state index contributed by atoms with van der Waals surface area (Å²) < 4.78 is 18.0. The van der Waals surface area contributed by atoms with Crippen LogP contribution in [0.3, 0.4) is 0 Å². The Morgan fingerprint density at radius 1 is 1.18 bits per heavy atom. The lowest BCUT2D eigenvalue weighted by Gasteiger charge is -2.39. The smallest absolute Gasteiger partial charge is 0.247 e. The first kappa shape index (κ1) is 25.0. The van der Waals surface area contributed by atoms with Gasteiger partial charge in [0.15, 0.2) is 0 Å². The number of hydrogen-bond donors (Lipinski definition) is 3. The first-order valence-corrected chi connectivity index (χ1v) is 11.9. The van der Waals surface area contributed by atoms with Gasteiger partial charge in [0.25, 0.3) is 0 Å². The number of alkyl halides is 1. The summed E-state index contributed by atoms with van der Waals surface area (Å²) in [5.41, 5.74) is 2.81. The largest absolute Gasteiger partial charge is 0.479 e. The van der Waals surface area contributed by atoms with Crippen LogP contribution < -0.4 is 20.7 Å². The molecule has 1 saturated heterocycles. The number of amides is 1. The molecule has 0 radical (unpaired) electrons. The van der Waals surface area contributed by atoms with Gasteiger partial charge in [-0.05, 0) is 36.4 Å². The number of aromatic nitrogens is 5. The maximum Gasteiger partial charge on any atom is 0.247 e. The van der Waals surface area contributed by atoms with Crippen LogP contribution in [-0.2, 0) is 4.79 Å². The van der Waals surface area contributed by atoms with Crippen LogP contribution in [0, 0.1) is 0 Å². The van der Waals surface area contributed by atoms with Crippen molar-refractivity contribution in [3.63, 3.8) is 0 Å². The number of carbonyl (C=O) groups is 1. The molecule has 1 aliphatic rings. The predicted octanol–water partition coefficient (Wildman–Crippen LogP) is 3.42. The summed E-state index contributed by atoms with van der Waals surface area (Å²) >= 11 is 0. The lowest BCUT2D eigenvalue weighted by Crippen LogP contribution is -2.55. The molecular weight excluding hydrogens is 489 g/mol. The number of nitrogens with zero attached hydrogens (tertiary/aromatic N) is 6. The average molecular weight is 516 g/mol. The number of methoxy groups -OCH3 is 1. The Kier molecular flexibility index (Phi) is 7.31. The molecule has 0 aliphatic carbocycles. The summed E-state index contributed by atoms with van der Waals surface area (Å²) in [6, 6.07) is 9.09. The molecule has 12 heteroatoms. The van der Waals surface area contributed by atoms with E-state index < -0.39 is 0 Å². The molecule has 194 valence electrons. The highest BCUT2D eigenvalue weighted by Gasteiger charge is 2.26. The van der Waals surface area contributed by atoms with Crippen molar-refractivity contribution in [3.05, 3.63) is 61.6 Å². The number of pyridine rings is 3.